The average molecular weight is 431 g/mol. The van der Waals surface area contributed by atoms with Crippen LogP contribution >= 0.6 is 11.3 Å². The maximum absolute atomic E-state index is 13.1. The number of fused-ring (bicyclic) bond motifs is 1. The minimum atomic E-state index is -0.641. The van der Waals surface area contributed by atoms with Crippen molar-refractivity contribution in [1.82, 2.24) is 14.1 Å². The highest BCUT2D eigenvalue weighted by atomic mass is 32.1. The first-order valence-electron chi connectivity index (χ1n) is 9.45. The number of thiazole rings is 1. The number of hydrogen-bond donors (Lipinski definition) is 1. The minimum Gasteiger partial charge on any atom is -0.349 e. The fourth-order valence-corrected chi connectivity index (χ4v) is 4.16. The molecule has 1 aromatic carbocycles. The van der Waals surface area contributed by atoms with Gasteiger partial charge in [-0.2, -0.15) is 0 Å². The van der Waals surface area contributed by atoms with Crippen LogP contribution in [0.25, 0.3) is 10.3 Å². The number of rotatable bonds is 8. The molecule has 3 rings (SSSR count). The first-order chi connectivity index (χ1) is 14.4. The SMILES string of the molecule is C=CCn1c(=O)c2sc(N(CC)CC)nc2n(CC(=O)Nc2ccc(F)cc2)c1=O. The van der Waals surface area contributed by atoms with E-state index in [2.05, 4.69) is 16.9 Å². The van der Waals surface area contributed by atoms with E-state index in [1.165, 1.54) is 46.2 Å². The van der Waals surface area contributed by atoms with Crippen LogP contribution in [-0.4, -0.2) is 33.1 Å². The van der Waals surface area contributed by atoms with Gasteiger partial charge in [-0.1, -0.05) is 17.4 Å². The van der Waals surface area contributed by atoms with Gasteiger partial charge in [0.05, 0.1) is 0 Å². The molecule has 0 saturated heterocycles. The molecule has 30 heavy (non-hydrogen) atoms. The van der Waals surface area contributed by atoms with Crippen LogP contribution in [-0.2, 0) is 17.9 Å². The molecule has 10 heteroatoms. The van der Waals surface area contributed by atoms with Crippen molar-refractivity contribution in [2.24, 2.45) is 0 Å². The van der Waals surface area contributed by atoms with Gasteiger partial charge in [0.15, 0.2) is 10.8 Å². The Bertz CT molecular complexity index is 1190. The molecular weight excluding hydrogens is 409 g/mol. The maximum Gasteiger partial charge on any atom is 0.333 e. The molecule has 0 aliphatic carbocycles. The molecule has 3 aromatic rings. The summed E-state index contributed by atoms with van der Waals surface area (Å²) in [5.74, 6) is -0.917. The first kappa shape index (κ1) is 21.4. The standard InChI is InChI=1S/C20H22FN5O3S/c1-4-11-25-18(28)16-17(23-19(30-16)24(5-2)6-3)26(20(25)29)12-15(27)22-14-9-7-13(21)8-10-14/h4,7-10H,1,5-6,11-12H2,2-3H3,(H,22,27). The molecule has 1 N–H and O–H groups in total. The van der Waals surface area contributed by atoms with E-state index in [4.69, 9.17) is 0 Å². The van der Waals surface area contributed by atoms with Crippen molar-refractivity contribution in [3.63, 3.8) is 0 Å². The molecule has 2 heterocycles. The zero-order chi connectivity index (χ0) is 21.8. The summed E-state index contributed by atoms with van der Waals surface area (Å²) < 4.78 is 15.6. The van der Waals surface area contributed by atoms with Gasteiger partial charge in [0.2, 0.25) is 5.91 Å². The summed E-state index contributed by atoms with van der Waals surface area (Å²) in [4.78, 5) is 44.8. The molecule has 0 bridgehead atoms. The van der Waals surface area contributed by atoms with Gasteiger partial charge in [-0.15, -0.1) is 6.58 Å². The van der Waals surface area contributed by atoms with Crippen LogP contribution in [0.1, 0.15) is 13.8 Å². The van der Waals surface area contributed by atoms with Gasteiger partial charge in [0, 0.05) is 25.3 Å². The number of carbonyl (C=O) groups is 1. The van der Waals surface area contributed by atoms with Gasteiger partial charge >= 0.3 is 5.69 Å². The van der Waals surface area contributed by atoms with Crippen LogP contribution in [0.15, 0.2) is 46.5 Å². The van der Waals surface area contributed by atoms with E-state index in [-0.39, 0.29) is 18.7 Å². The zero-order valence-electron chi connectivity index (χ0n) is 16.7. The van der Waals surface area contributed by atoms with Crippen molar-refractivity contribution >= 4 is 38.4 Å². The van der Waals surface area contributed by atoms with Crippen LogP contribution in [0.5, 0.6) is 0 Å². The van der Waals surface area contributed by atoms with Crippen LogP contribution in [0, 0.1) is 5.82 Å². The zero-order valence-corrected chi connectivity index (χ0v) is 17.5. The Morgan fingerprint density at radius 1 is 1.23 bits per heavy atom. The maximum atomic E-state index is 13.1. The van der Waals surface area contributed by atoms with Gasteiger partial charge in [-0.05, 0) is 38.1 Å². The van der Waals surface area contributed by atoms with Gasteiger partial charge in [0.25, 0.3) is 5.56 Å². The van der Waals surface area contributed by atoms with E-state index in [0.717, 1.165) is 4.57 Å². The molecule has 0 saturated carbocycles. The van der Waals surface area contributed by atoms with Crippen molar-refractivity contribution in [3.05, 3.63) is 63.6 Å². The fourth-order valence-electron chi connectivity index (χ4n) is 3.01. The number of hydrogen-bond acceptors (Lipinski definition) is 6. The Hall–Kier alpha value is -3.27. The predicted molar refractivity (Wildman–Crippen MR) is 117 cm³/mol. The molecule has 8 nitrogen and oxygen atoms in total. The molecule has 0 spiro atoms. The van der Waals surface area contributed by atoms with Crippen molar-refractivity contribution < 1.29 is 9.18 Å². The number of amides is 1. The second kappa shape index (κ2) is 9.04. The van der Waals surface area contributed by atoms with Crippen LogP contribution in [0.2, 0.25) is 0 Å². The number of anilines is 2. The van der Waals surface area contributed by atoms with E-state index < -0.39 is 23.0 Å². The Kier molecular flexibility index (Phi) is 6.46. The minimum absolute atomic E-state index is 0.0195. The van der Waals surface area contributed by atoms with E-state index in [0.29, 0.717) is 28.6 Å². The monoisotopic (exact) mass is 431 g/mol. The number of nitrogens with one attached hydrogen (secondary N) is 1. The van der Waals surface area contributed by atoms with Gasteiger partial charge in [0.1, 0.15) is 17.1 Å². The van der Waals surface area contributed by atoms with Gasteiger partial charge in [-0.3, -0.25) is 18.7 Å². The molecule has 0 atom stereocenters. The van der Waals surface area contributed by atoms with E-state index >= 15 is 0 Å². The van der Waals surface area contributed by atoms with Crippen LogP contribution in [0.3, 0.4) is 0 Å². The third-order valence-electron chi connectivity index (χ3n) is 4.53. The highest BCUT2D eigenvalue weighted by Gasteiger charge is 2.20. The van der Waals surface area contributed by atoms with Gasteiger partial charge < -0.3 is 10.2 Å². The summed E-state index contributed by atoms with van der Waals surface area (Å²) in [5, 5.41) is 3.23. The van der Waals surface area contributed by atoms with Gasteiger partial charge in [-0.25, -0.2) is 14.2 Å². The lowest BCUT2D eigenvalue weighted by atomic mass is 10.3. The molecule has 0 aliphatic heterocycles. The number of carbonyl (C=O) groups excluding carboxylic acids is 1. The lowest BCUT2D eigenvalue weighted by Gasteiger charge is -2.16. The molecule has 0 unspecified atom stereocenters. The number of nitrogens with zero attached hydrogens (tertiary/aromatic N) is 4. The second-order valence-electron chi connectivity index (χ2n) is 6.45. The number of aromatic nitrogens is 3. The molecular formula is C20H22FN5O3S. The number of halogens is 1. The average Bonchev–Trinajstić information content (AvgIpc) is 3.16. The largest absolute Gasteiger partial charge is 0.349 e. The summed E-state index contributed by atoms with van der Waals surface area (Å²) in [6, 6.07) is 5.29. The molecule has 0 aliphatic rings. The smallest absolute Gasteiger partial charge is 0.333 e. The topological polar surface area (TPSA) is 89.2 Å². The molecule has 2 aromatic heterocycles. The highest BCUT2D eigenvalue weighted by molar-refractivity contribution is 7.22. The Labute approximate surface area is 175 Å². The number of allylic oxidation sites excluding steroid dienone is 1. The second-order valence-corrected chi connectivity index (χ2v) is 7.43. The Balaban J connectivity index is 2.07. The van der Waals surface area contributed by atoms with Crippen molar-refractivity contribution in [1.29, 1.82) is 0 Å². The molecule has 0 fully saturated rings. The Morgan fingerprint density at radius 2 is 1.90 bits per heavy atom. The molecule has 0 radical (unpaired) electrons. The van der Waals surface area contributed by atoms with E-state index in [9.17, 15) is 18.8 Å². The third kappa shape index (κ3) is 4.18. The Morgan fingerprint density at radius 3 is 2.50 bits per heavy atom. The van der Waals surface area contributed by atoms with Crippen molar-refractivity contribution in [3.8, 4) is 0 Å². The summed E-state index contributed by atoms with van der Waals surface area (Å²) in [6.45, 7) is 8.58. The molecule has 1 amide bonds. The number of benzene rings is 1. The molecule has 158 valence electrons. The van der Waals surface area contributed by atoms with Crippen LogP contribution in [0.4, 0.5) is 15.2 Å². The lowest BCUT2D eigenvalue weighted by Crippen LogP contribution is -2.41. The quantitative estimate of drug-likeness (QED) is 0.554. The normalized spacial score (nSPS) is 10.9. The third-order valence-corrected chi connectivity index (χ3v) is 5.62. The summed E-state index contributed by atoms with van der Waals surface area (Å²) in [5.41, 5.74) is -0.530. The van der Waals surface area contributed by atoms with Crippen LogP contribution < -0.4 is 21.5 Å². The van der Waals surface area contributed by atoms with Crippen molar-refractivity contribution in [2.75, 3.05) is 23.3 Å². The summed E-state index contributed by atoms with van der Waals surface area (Å²) in [7, 11) is 0. The fraction of sp³-hybridized carbons (Fsp3) is 0.300. The van der Waals surface area contributed by atoms with E-state index in [1.54, 1.807) is 0 Å². The lowest BCUT2D eigenvalue weighted by molar-refractivity contribution is -0.116. The first-order valence-corrected chi connectivity index (χ1v) is 10.3. The predicted octanol–water partition coefficient (Wildman–Crippen LogP) is 2.43. The highest BCUT2D eigenvalue weighted by Crippen LogP contribution is 2.25. The van der Waals surface area contributed by atoms with E-state index in [1.807, 2.05) is 18.7 Å². The summed E-state index contributed by atoms with van der Waals surface area (Å²) in [6.07, 6.45) is 1.45. The van der Waals surface area contributed by atoms with Crippen molar-refractivity contribution in [2.45, 2.75) is 26.9 Å². The summed E-state index contributed by atoms with van der Waals surface area (Å²) >= 11 is 1.19.